The summed E-state index contributed by atoms with van der Waals surface area (Å²) in [6, 6.07) is 10.0. The van der Waals surface area contributed by atoms with Gasteiger partial charge in [-0.15, -0.1) is 0 Å². The zero-order valence-electron chi connectivity index (χ0n) is 15.2. The first-order chi connectivity index (χ1) is 12.1. The molecule has 1 fully saturated rings. The van der Waals surface area contributed by atoms with Gasteiger partial charge in [0.15, 0.2) is 0 Å². The van der Waals surface area contributed by atoms with Gasteiger partial charge in [0.25, 0.3) is 0 Å². The van der Waals surface area contributed by atoms with Crippen LogP contribution in [0.3, 0.4) is 0 Å². The zero-order valence-corrected chi connectivity index (χ0v) is 15.2. The van der Waals surface area contributed by atoms with Gasteiger partial charge < -0.3 is 15.1 Å². The van der Waals surface area contributed by atoms with Crippen LogP contribution in [0, 0.1) is 5.92 Å². The summed E-state index contributed by atoms with van der Waals surface area (Å²) in [7, 11) is 1.84. The number of rotatable bonds is 5. The molecule has 25 heavy (non-hydrogen) atoms. The lowest BCUT2D eigenvalue weighted by Gasteiger charge is -2.31. The van der Waals surface area contributed by atoms with Gasteiger partial charge in [0.2, 0.25) is 0 Å². The summed E-state index contributed by atoms with van der Waals surface area (Å²) in [4.78, 5) is 20.9. The first-order valence-electron chi connectivity index (χ1n) is 9.17. The molecule has 0 radical (unpaired) electrons. The Bertz CT molecular complexity index is 712. The quantitative estimate of drug-likeness (QED) is 0.910. The van der Waals surface area contributed by atoms with Crippen molar-refractivity contribution in [1.82, 2.24) is 20.1 Å². The summed E-state index contributed by atoms with van der Waals surface area (Å²) in [5.41, 5.74) is 2.08. The second-order valence-electron chi connectivity index (χ2n) is 7.12. The van der Waals surface area contributed by atoms with E-state index in [1.165, 1.54) is 12.8 Å². The molecule has 3 rings (SSSR count). The highest BCUT2D eigenvalue weighted by atomic mass is 16.2. The van der Waals surface area contributed by atoms with Crippen LogP contribution in [0.5, 0.6) is 0 Å². The van der Waals surface area contributed by atoms with Gasteiger partial charge in [-0.1, -0.05) is 25.1 Å². The number of hydrogen-bond acceptors (Lipinski definition) is 3. The summed E-state index contributed by atoms with van der Waals surface area (Å²) >= 11 is 0. The summed E-state index contributed by atoms with van der Waals surface area (Å²) in [6.45, 7) is 6.82. The molecule has 1 atom stereocenters. The second kappa shape index (κ2) is 8.30. The normalized spacial score (nSPS) is 18.2. The van der Waals surface area contributed by atoms with E-state index in [0.29, 0.717) is 13.1 Å². The van der Waals surface area contributed by atoms with Crippen molar-refractivity contribution in [2.75, 3.05) is 33.2 Å². The van der Waals surface area contributed by atoms with E-state index in [1.807, 2.05) is 25.2 Å². The molecule has 0 saturated carbocycles. The van der Waals surface area contributed by atoms with Gasteiger partial charge in [-0.3, -0.25) is 4.98 Å². The highest BCUT2D eigenvalue weighted by molar-refractivity contribution is 5.82. The van der Waals surface area contributed by atoms with Crippen LogP contribution in [0.1, 0.15) is 25.3 Å². The van der Waals surface area contributed by atoms with Crippen molar-refractivity contribution in [1.29, 1.82) is 0 Å². The van der Waals surface area contributed by atoms with Crippen LogP contribution in [0.4, 0.5) is 4.79 Å². The number of benzene rings is 1. The predicted molar refractivity (Wildman–Crippen MR) is 101 cm³/mol. The maximum Gasteiger partial charge on any atom is 0.317 e. The Morgan fingerprint density at radius 2 is 2.24 bits per heavy atom. The Kier molecular flexibility index (Phi) is 5.87. The van der Waals surface area contributed by atoms with E-state index in [4.69, 9.17) is 0 Å². The molecule has 0 bridgehead atoms. The van der Waals surface area contributed by atoms with Crippen LogP contribution in [0.2, 0.25) is 0 Å². The number of aromatic nitrogens is 1. The molecule has 0 aliphatic carbocycles. The molecule has 5 nitrogen and oxygen atoms in total. The molecule has 2 aromatic rings. The van der Waals surface area contributed by atoms with E-state index >= 15 is 0 Å². The molecule has 1 aromatic heterocycles. The number of carbonyl (C=O) groups is 1. The van der Waals surface area contributed by atoms with Gasteiger partial charge in [0.05, 0.1) is 5.52 Å². The summed E-state index contributed by atoms with van der Waals surface area (Å²) in [5.74, 6) is 0.770. The molecule has 2 heterocycles. The third kappa shape index (κ3) is 4.69. The first-order valence-corrected chi connectivity index (χ1v) is 9.17. The van der Waals surface area contributed by atoms with E-state index in [0.717, 1.165) is 42.0 Å². The van der Waals surface area contributed by atoms with Gasteiger partial charge >= 0.3 is 6.03 Å². The second-order valence-corrected chi connectivity index (χ2v) is 7.12. The van der Waals surface area contributed by atoms with E-state index in [-0.39, 0.29) is 6.03 Å². The number of hydrogen-bond donors (Lipinski definition) is 1. The molecule has 1 N–H and O–H groups in total. The van der Waals surface area contributed by atoms with Gasteiger partial charge in [-0.2, -0.15) is 0 Å². The largest absolute Gasteiger partial charge is 0.337 e. The number of carbonyl (C=O) groups excluding carboxylic acids is 1. The van der Waals surface area contributed by atoms with Crippen LogP contribution in [-0.4, -0.2) is 54.0 Å². The van der Waals surface area contributed by atoms with Crippen molar-refractivity contribution >= 4 is 16.9 Å². The monoisotopic (exact) mass is 340 g/mol. The molecule has 0 spiro atoms. The highest BCUT2D eigenvalue weighted by Gasteiger charge is 2.16. The number of likely N-dealkylation sites (tertiary alicyclic amines) is 1. The van der Waals surface area contributed by atoms with Gasteiger partial charge in [0.1, 0.15) is 0 Å². The molecule has 1 aliphatic rings. The molecule has 1 saturated heterocycles. The van der Waals surface area contributed by atoms with Gasteiger partial charge in [0, 0.05) is 44.8 Å². The van der Waals surface area contributed by atoms with Crippen LogP contribution in [0.15, 0.2) is 36.5 Å². The smallest absolute Gasteiger partial charge is 0.317 e. The number of nitrogens with one attached hydrogen (secondary N) is 1. The minimum atomic E-state index is -0.0223. The summed E-state index contributed by atoms with van der Waals surface area (Å²) in [5, 5.41) is 4.15. The minimum absolute atomic E-state index is 0.0223. The standard InChI is InChI=1S/C20H28N4O/c1-16-6-5-12-24(14-16)13-11-22-20(25)23(2)15-17-7-3-9-19-18(17)8-4-10-21-19/h3-4,7-10,16H,5-6,11-15H2,1-2H3,(H,22,25)/t16-/m1/s1. The fourth-order valence-corrected chi connectivity index (χ4v) is 3.58. The molecular weight excluding hydrogens is 312 g/mol. The van der Waals surface area contributed by atoms with E-state index in [9.17, 15) is 4.79 Å². The predicted octanol–water partition coefficient (Wildman–Crippen LogP) is 3.11. The fourth-order valence-electron chi connectivity index (χ4n) is 3.58. The van der Waals surface area contributed by atoms with Crippen molar-refractivity contribution in [2.45, 2.75) is 26.3 Å². The molecular formula is C20H28N4O. The number of urea groups is 1. The summed E-state index contributed by atoms with van der Waals surface area (Å²) < 4.78 is 0. The highest BCUT2D eigenvalue weighted by Crippen LogP contribution is 2.18. The van der Waals surface area contributed by atoms with E-state index in [2.05, 4.69) is 34.3 Å². The van der Waals surface area contributed by atoms with Crippen molar-refractivity contribution in [3.63, 3.8) is 0 Å². The molecule has 2 amide bonds. The van der Waals surface area contributed by atoms with Crippen molar-refractivity contribution in [3.05, 3.63) is 42.1 Å². The van der Waals surface area contributed by atoms with Crippen LogP contribution >= 0.6 is 0 Å². The lowest BCUT2D eigenvalue weighted by Crippen LogP contribution is -2.43. The van der Waals surface area contributed by atoms with Gasteiger partial charge in [-0.05, 0) is 43.0 Å². The average Bonchev–Trinajstić information content (AvgIpc) is 2.62. The SMILES string of the molecule is C[C@@H]1CCCN(CCNC(=O)N(C)Cc2cccc3ncccc23)C1. The number of amides is 2. The number of fused-ring (bicyclic) bond motifs is 1. The van der Waals surface area contributed by atoms with Crippen molar-refractivity contribution in [3.8, 4) is 0 Å². The first kappa shape index (κ1) is 17.7. The third-order valence-corrected chi connectivity index (χ3v) is 4.94. The number of pyridine rings is 1. The Labute approximate surface area is 150 Å². The van der Waals surface area contributed by atoms with Crippen LogP contribution in [0.25, 0.3) is 10.9 Å². The maximum absolute atomic E-state index is 12.4. The van der Waals surface area contributed by atoms with Crippen LogP contribution < -0.4 is 5.32 Å². The van der Waals surface area contributed by atoms with Crippen molar-refractivity contribution in [2.24, 2.45) is 5.92 Å². The average molecular weight is 340 g/mol. The number of nitrogens with zero attached hydrogens (tertiary/aromatic N) is 3. The fraction of sp³-hybridized carbons (Fsp3) is 0.500. The topological polar surface area (TPSA) is 48.5 Å². The zero-order chi connectivity index (χ0) is 17.6. The maximum atomic E-state index is 12.4. The molecule has 1 aromatic carbocycles. The third-order valence-electron chi connectivity index (χ3n) is 4.94. The van der Waals surface area contributed by atoms with Crippen molar-refractivity contribution < 1.29 is 4.79 Å². The Morgan fingerprint density at radius 3 is 3.08 bits per heavy atom. The molecule has 1 aliphatic heterocycles. The Balaban J connectivity index is 1.50. The van der Waals surface area contributed by atoms with Crippen LogP contribution in [-0.2, 0) is 6.54 Å². The Hall–Kier alpha value is -2.14. The lowest BCUT2D eigenvalue weighted by molar-refractivity contribution is 0.178. The number of piperidine rings is 1. The minimum Gasteiger partial charge on any atom is -0.337 e. The lowest BCUT2D eigenvalue weighted by atomic mass is 10.0. The van der Waals surface area contributed by atoms with Gasteiger partial charge in [-0.25, -0.2) is 4.79 Å². The Morgan fingerprint density at radius 1 is 1.36 bits per heavy atom. The van der Waals surface area contributed by atoms with E-state index < -0.39 is 0 Å². The molecule has 0 unspecified atom stereocenters. The van der Waals surface area contributed by atoms with E-state index in [1.54, 1.807) is 11.1 Å². The molecule has 134 valence electrons. The summed E-state index contributed by atoms with van der Waals surface area (Å²) in [6.07, 6.45) is 4.39. The molecule has 5 heteroatoms.